The third-order valence-corrected chi connectivity index (χ3v) is 5.05. The lowest BCUT2D eigenvalue weighted by Crippen LogP contribution is -2.15. The first kappa shape index (κ1) is 17.4. The van der Waals surface area contributed by atoms with Crippen molar-refractivity contribution in [2.75, 3.05) is 5.32 Å². The predicted molar refractivity (Wildman–Crippen MR) is 101 cm³/mol. The summed E-state index contributed by atoms with van der Waals surface area (Å²) in [5.74, 6) is -0.548. The third kappa shape index (κ3) is 3.74. The maximum Gasteiger partial charge on any atom is 0.278 e. The molecule has 2 aromatic carbocycles. The van der Waals surface area contributed by atoms with Gasteiger partial charge in [-0.2, -0.15) is 0 Å². The van der Waals surface area contributed by atoms with Gasteiger partial charge in [-0.25, -0.2) is 9.07 Å². The van der Waals surface area contributed by atoms with E-state index in [1.165, 1.54) is 36.1 Å². The molecule has 3 aromatic rings. The normalized spacial score (nSPS) is 13.3. The van der Waals surface area contributed by atoms with Crippen molar-refractivity contribution in [3.8, 4) is 0 Å². The van der Waals surface area contributed by atoms with E-state index in [9.17, 15) is 9.18 Å². The number of aromatic nitrogens is 3. The van der Waals surface area contributed by atoms with Gasteiger partial charge in [-0.05, 0) is 73.6 Å². The van der Waals surface area contributed by atoms with Crippen molar-refractivity contribution in [1.29, 1.82) is 0 Å². The summed E-state index contributed by atoms with van der Waals surface area (Å²) < 4.78 is 14.7. The van der Waals surface area contributed by atoms with Gasteiger partial charge in [0.1, 0.15) is 5.82 Å². The highest BCUT2D eigenvalue weighted by Gasteiger charge is 2.18. The van der Waals surface area contributed by atoms with Gasteiger partial charge in [-0.3, -0.25) is 4.79 Å². The van der Waals surface area contributed by atoms with Crippen LogP contribution in [0.1, 0.15) is 45.7 Å². The minimum atomic E-state index is -0.279. The van der Waals surface area contributed by atoms with Crippen molar-refractivity contribution in [3.63, 3.8) is 0 Å². The van der Waals surface area contributed by atoms with E-state index in [4.69, 9.17) is 0 Å². The van der Waals surface area contributed by atoms with Crippen LogP contribution in [0.25, 0.3) is 0 Å². The molecular formula is C21H21FN4O. The topological polar surface area (TPSA) is 59.8 Å². The molecule has 0 unspecified atom stereocenters. The molecule has 0 saturated heterocycles. The molecule has 0 spiro atoms. The van der Waals surface area contributed by atoms with E-state index in [0.717, 1.165) is 24.1 Å². The van der Waals surface area contributed by atoms with E-state index in [1.54, 1.807) is 16.8 Å². The van der Waals surface area contributed by atoms with Crippen LogP contribution >= 0.6 is 0 Å². The number of amides is 1. The maximum absolute atomic E-state index is 13.0. The molecule has 1 heterocycles. The second kappa shape index (κ2) is 7.31. The number of hydrogen-bond donors (Lipinski definition) is 1. The van der Waals surface area contributed by atoms with Gasteiger partial charge in [-0.1, -0.05) is 23.4 Å². The summed E-state index contributed by atoms with van der Waals surface area (Å²) in [6, 6.07) is 12.3. The van der Waals surface area contributed by atoms with Gasteiger partial charge in [0.05, 0.1) is 12.2 Å². The molecule has 1 N–H and O–H groups in total. The highest BCUT2D eigenvalue weighted by atomic mass is 19.1. The Kier molecular flexibility index (Phi) is 4.71. The van der Waals surface area contributed by atoms with Crippen molar-refractivity contribution in [3.05, 3.63) is 76.4 Å². The molecule has 5 nitrogen and oxygen atoms in total. The number of aryl methyl sites for hydroxylation is 2. The molecule has 0 bridgehead atoms. The molecule has 0 aliphatic heterocycles. The number of nitrogens with one attached hydrogen (secondary N) is 1. The van der Waals surface area contributed by atoms with Crippen LogP contribution in [0.2, 0.25) is 0 Å². The molecule has 0 fully saturated rings. The summed E-state index contributed by atoms with van der Waals surface area (Å²) in [4.78, 5) is 12.6. The Balaban J connectivity index is 1.49. The summed E-state index contributed by atoms with van der Waals surface area (Å²) in [6.45, 7) is 2.25. The molecule has 27 heavy (non-hydrogen) atoms. The molecule has 1 aromatic heterocycles. The number of carbonyl (C=O) groups excluding carboxylic acids is 1. The lowest BCUT2D eigenvalue weighted by molar-refractivity contribution is 0.102. The molecule has 1 amide bonds. The fraction of sp³-hybridized carbons (Fsp3) is 0.286. The molecule has 4 rings (SSSR count). The molecule has 0 radical (unpaired) electrons. The number of nitrogens with zero attached hydrogens (tertiary/aromatic N) is 3. The Bertz CT molecular complexity index is 978. The van der Waals surface area contributed by atoms with Crippen LogP contribution in [-0.2, 0) is 19.4 Å². The third-order valence-electron chi connectivity index (χ3n) is 5.05. The van der Waals surface area contributed by atoms with Crippen molar-refractivity contribution in [1.82, 2.24) is 15.0 Å². The van der Waals surface area contributed by atoms with Crippen LogP contribution in [-0.4, -0.2) is 20.9 Å². The van der Waals surface area contributed by atoms with E-state index in [1.807, 2.05) is 13.0 Å². The standard InChI is InChI=1S/C21H21FN4O/c1-14-20(24-25-26(14)13-15-6-9-18(22)10-7-15)21(27)23-19-11-8-16-4-2-3-5-17(16)12-19/h6-12H,2-5,13H2,1H3,(H,23,27). The second-order valence-electron chi connectivity index (χ2n) is 6.95. The van der Waals surface area contributed by atoms with Gasteiger partial charge in [-0.15, -0.1) is 5.10 Å². The number of anilines is 1. The summed E-state index contributed by atoms with van der Waals surface area (Å²) >= 11 is 0. The van der Waals surface area contributed by atoms with Gasteiger partial charge in [0.25, 0.3) is 5.91 Å². The van der Waals surface area contributed by atoms with Gasteiger partial charge < -0.3 is 5.32 Å². The van der Waals surface area contributed by atoms with Gasteiger partial charge >= 0.3 is 0 Å². The SMILES string of the molecule is Cc1c(C(=O)Nc2ccc3c(c2)CCCC3)nnn1Cc1ccc(F)cc1. The predicted octanol–water partition coefficient (Wildman–Crippen LogP) is 3.91. The maximum atomic E-state index is 13.0. The van der Waals surface area contributed by atoms with Gasteiger partial charge in [0, 0.05) is 5.69 Å². The van der Waals surface area contributed by atoms with Crippen LogP contribution in [0.4, 0.5) is 10.1 Å². The fourth-order valence-electron chi connectivity index (χ4n) is 3.48. The van der Waals surface area contributed by atoms with Crippen LogP contribution in [0.3, 0.4) is 0 Å². The first-order valence-electron chi connectivity index (χ1n) is 9.18. The van der Waals surface area contributed by atoms with Gasteiger partial charge in [0.2, 0.25) is 0 Å². The molecule has 138 valence electrons. The van der Waals surface area contributed by atoms with Crippen LogP contribution in [0, 0.1) is 12.7 Å². The molecule has 0 saturated carbocycles. The molecule has 0 atom stereocenters. The van der Waals surface area contributed by atoms with Crippen LogP contribution in [0.5, 0.6) is 0 Å². The van der Waals surface area contributed by atoms with E-state index in [-0.39, 0.29) is 11.7 Å². The quantitative estimate of drug-likeness (QED) is 0.764. The molecule has 1 aliphatic carbocycles. The second-order valence-corrected chi connectivity index (χ2v) is 6.95. The number of halogens is 1. The Labute approximate surface area is 157 Å². The average molecular weight is 364 g/mol. The Hall–Kier alpha value is -3.02. The average Bonchev–Trinajstić information content (AvgIpc) is 3.04. The summed E-state index contributed by atoms with van der Waals surface area (Å²) in [6.07, 6.45) is 4.60. The lowest BCUT2D eigenvalue weighted by atomic mass is 9.91. The number of rotatable bonds is 4. The highest BCUT2D eigenvalue weighted by Crippen LogP contribution is 2.24. The summed E-state index contributed by atoms with van der Waals surface area (Å²) in [5, 5.41) is 11.0. The van der Waals surface area contributed by atoms with Gasteiger partial charge in [0.15, 0.2) is 5.69 Å². The molecular weight excluding hydrogens is 343 g/mol. The fourth-order valence-corrected chi connectivity index (χ4v) is 3.48. The summed E-state index contributed by atoms with van der Waals surface area (Å²) in [5.41, 5.74) is 5.35. The smallest absolute Gasteiger partial charge is 0.278 e. The van der Waals surface area contributed by atoms with Crippen LogP contribution < -0.4 is 5.32 Å². The first-order valence-corrected chi connectivity index (χ1v) is 9.18. The Morgan fingerprint density at radius 2 is 1.85 bits per heavy atom. The van der Waals surface area contributed by atoms with Crippen molar-refractivity contribution in [2.45, 2.75) is 39.2 Å². The van der Waals surface area contributed by atoms with E-state index < -0.39 is 0 Å². The largest absolute Gasteiger partial charge is 0.321 e. The molecule has 6 heteroatoms. The molecule has 1 aliphatic rings. The van der Waals surface area contributed by atoms with E-state index >= 15 is 0 Å². The lowest BCUT2D eigenvalue weighted by Gasteiger charge is -2.16. The minimum absolute atomic E-state index is 0.270. The van der Waals surface area contributed by atoms with E-state index in [2.05, 4.69) is 27.8 Å². The Morgan fingerprint density at radius 3 is 2.63 bits per heavy atom. The number of benzene rings is 2. The zero-order valence-electron chi connectivity index (χ0n) is 15.2. The van der Waals surface area contributed by atoms with Crippen LogP contribution in [0.15, 0.2) is 42.5 Å². The minimum Gasteiger partial charge on any atom is -0.321 e. The zero-order valence-corrected chi connectivity index (χ0v) is 15.2. The number of carbonyl (C=O) groups is 1. The first-order chi connectivity index (χ1) is 13.1. The highest BCUT2D eigenvalue weighted by molar-refractivity contribution is 6.03. The van der Waals surface area contributed by atoms with E-state index in [0.29, 0.717) is 17.9 Å². The monoisotopic (exact) mass is 364 g/mol. The zero-order chi connectivity index (χ0) is 18.8. The number of hydrogen-bond acceptors (Lipinski definition) is 3. The van der Waals surface area contributed by atoms with Crippen molar-refractivity contribution in [2.24, 2.45) is 0 Å². The van der Waals surface area contributed by atoms with Crippen molar-refractivity contribution < 1.29 is 9.18 Å². The Morgan fingerprint density at radius 1 is 1.11 bits per heavy atom. The summed E-state index contributed by atoms with van der Waals surface area (Å²) in [7, 11) is 0. The van der Waals surface area contributed by atoms with Crippen molar-refractivity contribution >= 4 is 11.6 Å². The number of fused-ring (bicyclic) bond motifs is 1.